The SMILES string of the molecule is CNCCc1cc(Cl)c(F)c(OC)c1O. The normalized spacial score (nSPS) is 10.4. The predicted molar refractivity (Wildman–Crippen MR) is 57.3 cm³/mol. The molecule has 1 aromatic rings. The van der Waals surface area contributed by atoms with Gasteiger partial charge in [-0.2, -0.15) is 0 Å². The van der Waals surface area contributed by atoms with Crippen LogP contribution in [0, 0.1) is 5.82 Å². The topological polar surface area (TPSA) is 41.5 Å². The molecule has 1 rings (SSSR count). The Labute approximate surface area is 92.8 Å². The van der Waals surface area contributed by atoms with E-state index < -0.39 is 5.82 Å². The summed E-state index contributed by atoms with van der Waals surface area (Å²) in [5.74, 6) is -1.12. The maximum absolute atomic E-state index is 13.3. The van der Waals surface area contributed by atoms with Crippen molar-refractivity contribution in [3.63, 3.8) is 0 Å². The number of phenolic OH excluding ortho intramolecular Hbond substituents is 1. The number of ether oxygens (including phenoxy) is 1. The van der Waals surface area contributed by atoms with Crippen LogP contribution in [0.1, 0.15) is 5.56 Å². The van der Waals surface area contributed by atoms with Crippen molar-refractivity contribution < 1.29 is 14.2 Å². The van der Waals surface area contributed by atoms with Crippen LogP contribution in [0.5, 0.6) is 11.5 Å². The number of hydrogen-bond acceptors (Lipinski definition) is 3. The number of benzene rings is 1. The zero-order chi connectivity index (χ0) is 11.4. The molecule has 0 aliphatic heterocycles. The van der Waals surface area contributed by atoms with E-state index in [1.165, 1.54) is 13.2 Å². The van der Waals surface area contributed by atoms with Crippen molar-refractivity contribution in [2.24, 2.45) is 0 Å². The predicted octanol–water partition coefficient (Wildman–Crippen LogP) is 1.96. The highest BCUT2D eigenvalue weighted by Gasteiger charge is 2.17. The highest BCUT2D eigenvalue weighted by atomic mass is 35.5. The van der Waals surface area contributed by atoms with Crippen LogP contribution in [0.2, 0.25) is 5.02 Å². The van der Waals surface area contributed by atoms with Crippen LogP contribution in [-0.2, 0) is 6.42 Å². The van der Waals surface area contributed by atoms with Crippen molar-refractivity contribution in [1.29, 1.82) is 0 Å². The van der Waals surface area contributed by atoms with E-state index in [4.69, 9.17) is 16.3 Å². The van der Waals surface area contributed by atoms with Crippen molar-refractivity contribution in [2.75, 3.05) is 20.7 Å². The molecule has 0 heterocycles. The largest absolute Gasteiger partial charge is 0.504 e. The summed E-state index contributed by atoms with van der Waals surface area (Å²) >= 11 is 5.66. The number of nitrogens with one attached hydrogen (secondary N) is 1. The standard InChI is InChI=1S/C10H13ClFNO2/c1-13-4-3-6-5-7(11)8(12)10(15-2)9(6)14/h5,13-14H,3-4H2,1-2H3. The summed E-state index contributed by atoms with van der Waals surface area (Å²) in [6, 6.07) is 1.41. The minimum absolute atomic E-state index is 0.0456. The van der Waals surface area contributed by atoms with Gasteiger partial charge in [0.2, 0.25) is 0 Å². The monoisotopic (exact) mass is 233 g/mol. The summed E-state index contributed by atoms with van der Waals surface area (Å²) in [6.07, 6.45) is 0.554. The Balaban J connectivity index is 3.12. The summed E-state index contributed by atoms with van der Waals surface area (Å²) in [5, 5.41) is 12.5. The Morgan fingerprint density at radius 1 is 1.60 bits per heavy atom. The highest BCUT2D eigenvalue weighted by Crippen LogP contribution is 2.37. The molecule has 0 aliphatic carbocycles. The van der Waals surface area contributed by atoms with Crippen LogP contribution in [0.15, 0.2) is 6.07 Å². The number of halogens is 2. The molecule has 0 fully saturated rings. The zero-order valence-corrected chi connectivity index (χ0v) is 9.36. The number of rotatable bonds is 4. The average Bonchev–Trinajstić information content (AvgIpc) is 2.22. The van der Waals surface area contributed by atoms with E-state index in [0.717, 1.165) is 0 Å². The molecule has 2 N–H and O–H groups in total. The summed E-state index contributed by atoms with van der Waals surface area (Å²) in [6.45, 7) is 0.665. The molecule has 84 valence electrons. The lowest BCUT2D eigenvalue weighted by molar-refractivity contribution is 0.348. The maximum Gasteiger partial charge on any atom is 0.198 e. The maximum atomic E-state index is 13.3. The van der Waals surface area contributed by atoms with Crippen molar-refractivity contribution >= 4 is 11.6 Å². The summed E-state index contributed by atoms with van der Waals surface area (Å²) < 4.78 is 18.1. The van der Waals surface area contributed by atoms with Gasteiger partial charge in [0, 0.05) is 5.56 Å². The molecule has 3 nitrogen and oxygen atoms in total. The highest BCUT2D eigenvalue weighted by molar-refractivity contribution is 6.31. The zero-order valence-electron chi connectivity index (χ0n) is 8.60. The van der Waals surface area contributed by atoms with Gasteiger partial charge in [0.15, 0.2) is 17.3 Å². The lowest BCUT2D eigenvalue weighted by Crippen LogP contribution is -2.10. The molecule has 15 heavy (non-hydrogen) atoms. The van der Waals surface area contributed by atoms with E-state index in [1.807, 2.05) is 0 Å². The van der Waals surface area contributed by atoms with E-state index in [0.29, 0.717) is 18.5 Å². The first-order valence-electron chi connectivity index (χ1n) is 4.50. The second-order valence-corrected chi connectivity index (χ2v) is 3.47. The number of aromatic hydroxyl groups is 1. The average molecular weight is 234 g/mol. The Hall–Kier alpha value is -1.00. The van der Waals surface area contributed by atoms with Gasteiger partial charge in [-0.1, -0.05) is 11.6 Å². The van der Waals surface area contributed by atoms with E-state index in [1.54, 1.807) is 7.05 Å². The molecule has 0 bridgehead atoms. The molecule has 1 aromatic carbocycles. The number of phenols is 1. The molecule has 0 radical (unpaired) electrons. The smallest absolute Gasteiger partial charge is 0.198 e. The van der Waals surface area contributed by atoms with E-state index in [-0.39, 0.29) is 16.5 Å². The Kier molecular flexibility index (Phi) is 4.17. The number of hydrogen-bond donors (Lipinski definition) is 2. The van der Waals surface area contributed by atoms with Gasteiger partial charge in [-0.25, -0.2) is 4.39 Å². The van der Waals surface area contributed by atoms with Crippen molar-refractivity contribution in [3.8, 4) is 11.5 Å². The molecule has 0 unspecified atom stereocenters. The Morgan fingerprint density at radius 2 is 2.27 bits per heavy atom. The van der Waals surface area contributed by atoms with Crippen LogP contribution in [-0.4, -0.2) is 25.8 Å². The molecule has 5 heteroatoms. The first kappa shape index (κ1) is 12.1. The van der Waals surface area contributed by atoms with Gasteiger partial charge in [-0.3, -0.25) is 0 Å². The third-order valence-corrected chi connectivity index (χ3v) is 2.35. The minimum Gasteiger partial charge on any atom is -0.504 e. The van der Waals surface area contributed by atoms with Crippen LogP contribution in [0.4, 0.5) is 4.39 Å². The van der Waals surface area contributed by atoms with Gasteiger partial charge in [-0.05, 0) is 26.1 Å². The van der Waals surface area contributed by atoms with Crippen LogP contribution in [0.3, 0.4) is 0 Å². The second-order valence-electron chi connectivity index (χ2n) is 3.07. The van der Waals surface area contributed by atoms with E-state index >= 15 is 0 Å². The Bertz CT molecular complexity index is 358. The fourth-order valence-corrected chi connectivity index (χ4v) is 1.50. The van der Waals surface area contributed by atoms with Crippen molar-refractivity contribution in [2.45, 2.75) is 6.42 Å². The fourth-order valence-electron chi connectivity index (χ4n) is 1.28. The van der Waals surface area contributed by atoms with Crippen LogP contribution < -0.4 is 10.1 Å². The molecule has 0 aliphatic rings. The first-order valence-corrected chi connectivity index (χ1v) is 4.88. The molecule has 0 spiro atoms. The van der Waals surface area contributed by atoms with Crippen molar-refractivity contribution in [3.05, 3.63) is 22.5 Å². The van der Waals surface area contributed by atoms with Crippen LogP contribution >= 0.6 is 11.6 Å². The molecule has 0 saturated carbocycles. The molecule has 0 saturated heterocycles. The van der Waals surface area contributed by atoms with Gasteiger partial charge in [0.25, 0.3) is 0 Å². The third kappa shape index (κ3) is 2.52. The Morgan fingerprint density at radius 3 is 2.80 bits per heavy atom. The molecule has 0 amide bonds. The van der Waals surface area contributed by atoms with Crippen molar-refractivity contribution in [1.82, 2.24) is 5.32 Å². The van der Waals surface area contributed by atoms with Gasteiger partial charge < -0.3 is 15.2 Å². The summed E-state index contributed by atoms with van der Waals surface area (Å²) in [5.41, 5.74) is 0.563. The number of likely N-dealkylation sites (N-methyl/N-ethyl adjacent to an activating group) is 1. The summed E-state index contributed by atoms with van der Waals surface area (Å²) in [4.78, 5) is 0. The van der Waals surface area contributed by atoms with Crippen LogP contribution in [0.25, 0.3) is 0 Å². The number of methoxy groups -OCH3 is 1. The first-order chi connectivity index (χ1) is 7.11. The lowest BCUT2D eigenvalue weighted by atomic mass is 10.1. The molecule has 0 aromatic heterocycles. The minimum atomic E-state index is -0.732. The molecular formula is C10H13ClFNO2. The molecule has 0 atom stereocenters. The fraction of sp³-hybridized carbons (Fsp3) is 0.400. The lowest BCUT2D eigenvalue weighted by Gasteiger charge is -2.11. The van der Waals surface area contributed by atoms with Gasteiger partial charge >= 0.3 is 0 Å². The summed E-state index contributed by atoms with van der Waals surface area (Å²) in [7, 11) is 3.08. The van der Waals surface area contributed by atoms with E-state index in [2.05, 4.69) is 5.32 Å². The van der Waals surface area contributed by atoms with Gasteiger partial charge in [0.1, 0.15) is 0 Å². The van der Waals surface area contributed by atoms with Gasteiger partial charge in [0.05, 0.1) is 12.1 Å². The second kappa shape index (κ2) is 5.19. The quantitative estimate of drug-likeness (QED) is 0.835. The van der Waals surface area contributed by atoms with Gasteiger partial charge in [-0.15, -0.1) is 0 Å². The molecular weight excluding hydrogens is 221 g/mol. The van der Waals surface area contributed by atoms with E-state index in [9.17, 15) is 9.50 Å². The third-order valence-electron chi connectivity index (χ3n) is 2.08.